The molecule has 0 atom stereocenters. The zero-order valence-electron chi connectivity index (χ0n) is 7.94. The fourth-order valence-electron chi connectivity index (χ4n) is 1.15. The van der Waals surface area contributed by atoms with E-state index >= 15 is 0 Å². The van der Waals surface area contributed by atoms with Gasteiger partial charge >= 0.3 is 6.18 Å². The Bertz CT molecular complexity index is 338. The number of rotatable bonds is 3. The van der Waals surface area contributed by atoms with Crippen LogP contribution in [0, 0.1) is 0 Å². The molecule has 15 heavy (non-hydrogen) atoms. The van der Waals surface area contributed by atoms with Crippen molar-refractivity contribution in [3.63, 3.8) is 0 Å². The molecular formula is C11H10BrF3. The van der Waals surface area contributed by atoms with Gasteiger partial charge in [0, 0.05) is 5.33 Å². The third kappa shape index (κ3) is 3.38. The second-order valence-corrected chi connectivity index (χ2v) is 3.91. The minimum Gasteiger partial charge on any atom is -0.166 e. The number of allylic oxidation sites excluding steroid dienone is 1. The molecule has 1 aromatic rings. The van der Waals surface area contributed by atoms with Crippen LogP contribution in [0.1, 0.15) is 17.5 Å². The van der Waals surface area contributed by atoms with E-state index in [0.29, 0.717) is 0 Å². The molecule has 0 aromatic heterocycles. The minimum absolute atomic E-state index is 0.627. The van der Waals surface area contributed by atoms with Gasteiger partial charge in [-0.2, -0.15) is 13.2 Å². The zero-order chi connectivity index (χ0) is 11.5. The van der Waals surface area contributed by atoms with E-state index in [-0.39, 0.29) is 0 Å². The van der Waals surface area contributed by atoms with Crippen LogP contribution in [0.2, 0.25) is 0 Å². The van der Waals surface area contributed by atoms with Gasteiger partial charge in [0.25, 0.3) is 0 Å². The lowest BCUT2D eigenvalue weighted by molar-refractivity contribution is -0.137. The maximum Gasteiger partial charge on any atom is 0.416 e. The monoisotopic (exact) mass is 278 g/mol. The second-order valence-electron chi connectivity index (χ2n) is 3.12. The van der Waals surface area contributed by atoms with E-state index in [4.69, 9.17) is 0 Å². The van der Waals surface area contributed by atoms with E-state index in [2.05, 4.69) is 22.5 Å². The van der Waals surface area contributed by atoms with Crippen molar-refractivity contribution >= 4 is 21.5 Å². The van der Waals surface area contributed by atoms with Gasteiger partial charge in [0.1, 0.15) is 0 Å². The summed E-state index contributed by atoms with van der Waals surface area (Å²) in [5.41, 5.74) is 0.959. The summed E-state index contributed by atoms with van der Waals surface area (Å²) in [5.74, 6) is 0. The lowest BCUT2D eigenvalue weighted by Crippen LogP contribution is -2.04. The van der Waals surface area contributed by atoms with Crippen molar-refractivity contribution in [2.75, 3.05) is 5.33 Å². The molecule has 1 aromatic carbocycles. The first-order valence-electron chi connectivity index (χ1n) is 4.36. The fraction of sp³-hybridized carbons (Fsp3) is 0.273. The van der Waals surface area contributed by atoms with E-state index < -0.39 is 11.7 Å². The summed E-state index contributed by atoms with van der Waals surface area (Å²) in [6.45, 7) is 3.80. The maximum absolute atomic E-state index is 12.2. The molecule has 0 aliphatic carbocycles. The summed E-state index contributed by atoms with van der Waals surface area (Å²) in [6, 6.07) is 5.06. The molecule has 0 nitrogen and oxygen atoms in total. The first-order chi connectivity index (χ1) is 6.95. The van der Waals surface area contributed by atoms with Crippen LogP contribution in [0.25, 0.3) is 5.57 Å². The smallest absolute Gasteiger partial charge is 0.166 e. The predicted molar refractivity (Wildman–Crippen MR) is 58.9 cm³/mol. The normalized spacial score (nSPS) is 11.5. The van der Waals surface area contributed by atoms with Crippen LogP contribution in [-0.4, -0.2) is 5.33 Å². The van der Waals surface area contributed by atoms with E-state index in [1.54, 1.807) is 0 Å². The van der Waals surface area contributed by atoms with Crippen LogP contribution in [0.4, 0.5) is 13.2 Å². The Hall–Kier alpha value is -0.770. The second kappa shape index (κ2) is 4.84. The molecule has 0 radical (unpaired) electrons. The van der Waals surface area contributed by atoms with Crippen molar-refractivity contribution in [1.82, 2.24) is 0 Å². The molecule has 0 spiro atoms. The zero-order valence-corrected chi connectivity index (χ0v) is 9.53. The van der Waals surface area contributed by atoms with Gasteiger partial charge in [-0.1, -0.05) is 34.6 Å². The van der Waals surface area contributed by atoms with E-state index in [1.165, 1.54) is 12.1 Å². The average molecular weight is 279 g/mol. The Labute approximate surface area is 94.9 Å². The Balaban J connectivity index is 2.86. The fourth-order valence-corrected chi connectivity index (χ4v) is 1.63. The van der Waals surface area contributed by atoms with Crippen LogP contribution in [0.5, 0.6) is 0 Å². The SMILES string of the molecule is C=C(CCBr)c1ccc(C(F)(F)F)cc1. The van der Waals surface area contributed by atoms with Gasteiger partial charge in [0.2, 0.25) is 0 Å². The number of hydrogen-bond acceptors (Lipinski definition) is 0. The molecule has 4 heteroatoms. The van der Waals surface area contributed by atoms with Crippen LogP contribution in [0.3, 0.4) is 0 Å². The van der Waals surface area contributed by atoms with Crippen molar-refractivity contribution in [2.24, 2.45) is 0 Å². The molecule has 0 N–H and O–H groups in total. The van der Waals surface area contributed by atoms with E-state index in [0.717, 1.165) is 35.0 Å². The highest BCUT2D eigenvalue weighted by Crippen LogP contribution is 2.30. The van der Waals surface area contributed by atoms with Crippen LogP contribution < -0.4 is 0 Å². The molecule has 0 saturated carbocycles. The summed E-state index contributed by atoms with van der Waals surface area (Å²) in [4.78, 5) is 0. The average Bonchev–Trinajstić information content (AvgIpc) is 2.17. The maximum atomic E-state index is 12.2. The standard InChI is InChI=1S/C11H10BrF3/c1-8(6-7-12)9-2-4-10(5-3-9)11(13,14)15/h2-5H,1,6-7H2. The van der Waals surface area contributed by atoms with Gasteiger partial charge in [0.15, 0.2) is 0 Å². The lowest BCUT2D eigenvalue weighted by Gasteiger charge is -2.08. The van der Waals surface area contributed by atoms with Crippen molar-refractivity contribution in [3.05, 3.63) is 42.0 Å². The Morgan fingerprint density at radius 2 is 1.73 bits per heavy atom. The van der Waals surface area contributed by atoms with Crippen LogP contribution in [-0.2, 0) is 6.18 Å². The highest BCUT2D eigenvalue weighted by Gasteiger charge is 2.29. The molecule has 0 heterocycles. The highest BCUT2D eigenvalue weighted by atomic mass is 79.9. The number of benzene rings is 1. The number of hydrogen-bond donors (Lipinski definition) is 0. The summed E-state index contributed by atoms with van der Waals surface area (Å²) in [6.07, 6.45) is -3.54. The van der Waals surface area contributed by atoms with E-state index in [9.17, 15) is 13.2 Å². The summed E-state index contributed by atoms with van der Waals surface area (Å²) >= 11 is 3.25. The van der Waals surface area contributed by atoms with Crippen molar-refractivity contribution in [2.45, 2.75) is 12.6 Å². The third-order valence-electron chi connectivity index (χ3n) is 2.02. The van der Waals surface area contributed by atoms with Crippen molar-refractivity contribution < 1.29 is 13.2 Å². The Morgan fingerprint density at radius 3 is 2.13 bits per heavy atom. The third-order valence-corrected chi connectivity index (χ3v) is 2.41. The first kappa shape index (κ1) is 12.3. The quantitative estimate of drug-likeness (QED) is 0.714. The lowest BCUT2D eigenvalue weighted by atomic mass is 10.0. The summed E-state index contributed by atoms with van der Waals surface area (Å²) < 4.78 is 36.7. The van der Waals surface area contributed by atoms with Crippen LogP contribution >= 0.6 is 15.9 Å². The topological polar surface area (TPSA) is 0 Å². The van der Waals surface area contributed by atoms with Crippen molar-refractivity contribution in [1.29, 1.82) is 0 Å². The molecule has 1 rings (SSSR count). The number of halogens is 4. The molecule has 0 aliphatic heterocycles. The molecular weight excluding hydrogens is 269 g/mol. The molecule has 0 fully saturated rings. The Kier molecular flexibility index (Phi) is 3.97. The summed E-state index contributed by atoms with van der Waals surface area (Å²) in [5, 5.41) is 0.757. The van der Waals surface area contributed by atoms with Gasteiger partial charge in [0.05, 0.1) is 5.56 Å². The Morgan fingerprint density at radius 1 is 1.20 bits per heavy atom. The number of alkyl halides is 4. The van der Waals surface area contributed by atoms with Crippen LogP contribution in [0.15, 0.2) is 30.8 Å². The van der Waals surface area contributed by atoms with Gasteiger partial charge in [-0.25, -0.2) is 0 Å². The van der Waals surface area contributed by atoms with Crippen molar-refractivity contribution in [3.8, 4) is 0 Å². The van der Waals surface area contributed by atoms with Gasteiger partial charge in [-0.3, -0.25) is 0 Å². The first-order valence-corrected chi connectivity index (χ1v) is 5.48. The molecule has 0 bridgehead atoms. The van der Waals surface area contributed by atoms with E-state index in [1.807, 2.05) is 0 Å². The van der Waals surface area contributed by atoms with Gasteiger partial charge < -0.3 is 0 Å². The molecule has 0 unspecified atom stereocenters. The molecule has 0 aliphatic rings. The van der Waals surface area contributed by atoms with Gasteiger partial charge in [-0.05, 0) is 29.7 Å². The van der Waals surface area contributed by atoms with Gasteiger partial charge in [-0.15, -0.1) is 0 Å². The molecule has 0 saturated heterocycles. The minimum atomic E-state index is -4.27. The largest absolute Gasteiger partial charge is 0.416 e. The predicted octanol–water partition coefficient (Wildman–Crippen LogP) is 4.50. The molecule has 0 amide bonds. The molecule has 82 valence electrons. The highest BCUT2D eigenvalue weighted by molar-refractivity contribution is 9.09. The summed E-state index contributed by atoms with van der Waals surface area (Å²) in [7, 11) is 0.